The minimum Gasteiger partial charge on any atom is -0.320 e. The Hall–Kier alpha value is -1.83. The SMILES string of the molecule is Cc1c(Cl)cnn1Cc1ccc(C#CCN)cc1F. The highest BCUT2D eigenvalue weighted by Crippen LogP contribution is 2.17. The van der Waals surface area contributed by atoms with Crippen LogP contribution in [0, 0.1) is 24.6 Å². The molecule has 0 aliphatic carbocycles. The predicted molar refractivity (Wildman–Crippen MR) is 73.4 cm³/mol. The average Bonchev–Trinajstić information content (AvgIpc) is 2.71. The molecule has 5 heteroatoms. The first-order chi connectivity index (χ1) is 9.11. The molecule has 0 fully saturated rings. The molecule has 0 saturated carbocycles. The third kappa shape index (κ3) is 3.14. The van der Waals surface area contributed by atoms with Gasteiger partial charge in [0.05, 0.1) is 30.0 Å². The van der Waals surface area contributed by atoms with Crippen molar-refractivity contribution in [3.05, 3.63) is 52.1 Å². The number of rotatable bonds is 2. The Morgan fingerprint density at radius 2 is 2.26 bits per heavy atom. The third-order valence-electron chi connectivity index (χ3n) is 2.75. The molecule has 2 aromatic rings. The fraction of sp³-hybridized carbons (Fsp3) is 0.214. The Balaban J connectivity index is 2.24. The quantitative estimate of drug-likeness (QED) is 0.857. The maximum absolute atomic E-state index is 13.9. The minimum absolute atomic E-state index is 0.258. The van der Waals surface area contributed by atoms with Gasteiger partial charge in [-0.15, -0.1) is 0 Å². The van der Waals surface area contributed by atoms with Crippen LogP contribution in [0.25, 0.3) is 0 Å². The molecule has 0 unspecified atom stereocenters. The smallest absolute Gasteiger partial charge is 0.129 e. The first-order valence-electron chi connectivity index (χ1n) is 5.77. The van der Waals surface area contributed by atoms with Gasteiger partial charge in [-0.05, 0) is 19.1 Å². The summed E-state index contributed by atoms with van der Waals surface area (Å²) >= 11 is 5.91. The number of hydrogen-bond donors (Lipinski definition) is 1. The highest BCUT2D eigenvalue weighted by molar-refractivity contribution is 6.31. The van der Waals surface area contributed by atoms with Crippen molar-refractivity contribution in [1.29, 1.82) is 0 Å². The molecule has 1 aromatic heterocycles. The van der Waals surface area contributed by atoms with Crippen molar-refractivity contribution in [1.82, 2.24) is 9.78 Å². The molecule has 0 amide bonds. The maximum atomic E-state index is 13.9. The van der Waals surface area contributed by atoms with Gasteiger partial charge in [-0.25, -0.2) is 4.39 Å². The van der Waals surface area contributed by atoms with Crippen molar-refractivity contribution < 1.29 is 4.39 Å². The number of hydrogen-bond acceptors (Lipinski definition) is 2. The van der Waals surface area contributed by atoms with Crippen LogP contribution < -0.4 is 5.73 Å². The van der Waals surface area contributed by atoms with E-state index in [0.29, 0.717) is 22.7 Å². The fourth-order valence-electron chi connectivity index (χ4n) is 1.65. The Kier molecular flexibility index (Phi) is 4.20. The van der Waals surface area contributed by atoms with E-state index < -0.39 is 0 Å². The second kappa shape index (κ2) is 5.87. The molecule has 3 nitrogen and oxygen atoms in total. The normalized spacial score (nSPS) is 10.1. The molecule has 0 saturated heterocycles. The van der Waals surface area contributed by atoms with Crippen LogP contribution >= 0.6 is 11.6 Å². The number of halogens is 2. The first kappa shape index (κ1) is 13.6. The highest BCUT2D eigenvalue weighted by atomic mass is 35.5. The summed E-state index contributed by atoms with van der Waals surface area (Å²) < 4.78 is 15.6. The lowest BCUT2D eigenvalue weighted by molar-refractivity contribution is 0.580. The van der Waals surface area contributed by atoms with Crippen LogP contribution in [0.4, 0.5) is 4.39 Å². The lowest BCUT2D eigenvalue weighted by Crippen LogP contribution is -2.05. The molecular formula is C14H13ClFN3. The highest BCUT2D eigenvalue weighted by Gasteiger charge is 2.08. The molecule has 0 atom stereocenters. The van der Waals surface area contributed by atoms with Crippen LogP contribution in [0.15, 0.2) is 24.4 Å². The van der Waals surface area contributed by atoms with E-state index in [0.717, 1.165) is 5.69 Å². The number of benzene rings is 1. The molecule has 0 aliphatic rings. The molecule has 98 valence electrons. The van der Waals surface area contributed by atoms with Gasteiger partial charge in [-0.1, -0.05) is 29.5 Å². The minimum atomic E-state index is -0.310. The van der Waals surface area contributed by atoms with Crippen molar-refractivity contribution in [2.24, 2.45) is 5.73 Å². The van der Waals surface area contributed by atoms with E-state index in [1.807, 2.05) is 6.92 Å². The van der Waals surface area contributed by atoms with Gasteiger partial charge in [0.25, 0.3) is 0 Å². The van der Waals surface area contributed by atoms with E-state index in [2.05, 4.69) is 16.9 Å². The molecule has 0 radical (unpaired) electrons. The second-order valence-electron chi connectivity index (χ2n) is 4.05. The van der Waals surface area contributed by atoms with Crippen LogP contribution in [0.3, 0.4) is 0 Å². The summed E-state index contributed by atoms with van der Waals surface area (Å²) in [6, 6.07) is 4.87. The summed E-state index contributed by atoms with van der Waals surface area (Å²) in [5.74, 6) is 5.17. The molecule has 0 aliphatic heterocycles. The summed E-state index contributed by atoms with van der Waals surface area (Å²) in [4.78, 5) is 0. The first-order valence-corrected chi connectivity index (χ1v) is 6.15. The molecule has 0 bridgehead atoms. The van der Waals surface area contributed by atoms with Crippen molar-refractivity contribution in [2.75, 3.05) is 6.54 Å². The van der Waals surface area contributed by atoms with E-state index in [1.54, 1.807) is 23.0 Å². The van der Waals surface area contributed by atoms with Crippen LogP contribution in [0.1, 0.15) is 16.8 Å². The summed E-state index contributed by atoms with van der Waals surface area (Å²) in [6.07, 6.45) is 1.55. The summed E-state index contributed by atoms with van der Waals surface area (Å²) in [5, 5.41) is 4.67. The predicted octanol–water partition coefficient (Wildman–Crippen LogP) is 2.34. The van der Waals surface area contributed by atoms with E-state index >= 15 is 0 Å². The number of aromatic nitrogens is 2. The molecule has 19 heavy (non-hydrogen) atoms. The van der Waals surface area contributed by atoms with Crippen LogP contribution in [-0.4, -0.2) is 16.3 Å². The lowest BCUT2D eigenvalue weighted by Gasteiger charge is -2.06. The van der Waals surface area contributed by atoms with Crippen LogP contribution in [-0.2, 0) is 6.54 Å². The zero-order valence-corrected chi connectivity index (χ0v) is 11.2. The number of nitrogens with zero attached hydrogens (tertiary/aromatic N) is 2. The third-order valence-corrected chi connectivity index (χ3v) is 3.12. The lowest BCUT2D eigenvalue weighted by atomic mass is 10.1. The van der Waals surface area contributed by atoms with Crippen molar-refractivity contribution in [2.45, 2.75) is 13.5 Å². The van der Waals surface area contributed by atoms with E-state index in [4.69, 9.17) is 17.3 Å². The van der Waals surface area contributed by atoms with Crippen molar-refractivity contribution in [3.63, 3.8) is 0 Å². The second-order valence-corrected chi connectivity index (χ2v) is 4.45. The molecule has 0 spiro atoms. The fourth-order valence-corrected chi connectivity index (χ4v) is 1.79. The van der Waals surface area contributed by atoms with E-state index in [9.17, 15) is 4.39 Å². The Bertz CT molecular complexity index is 652. The van der Waals surface area contributed by atoms with Gasteiger partial charge < -0.3 is 5.73 Å². The molecule has 2 rings (SSSR count). The van der Waals surface area contributed by atoms with Gasteiger partial charge in [0.2, 0.25) is 0 Å². The standard InChI is InChI=1S/C14H13ClFN3/c1-10-13(15)8-18-19(10)9-12-5-4-11(3-2-6-17)7-14(12)16/h4-5,7-8H,6,9,17H2,1H3. The molecule has 2 N–H and O–H groups in total. The zero-order valence-electron chi connectivity index (χ0n) is 10.5. The van der Waals surface area contributed by atoms with Crippen molar-refractivity contribution in [3.8, 4) is 11.8 Å². The topological polar surface area (TPSA) is 43.8 Å². The van der Waals surface area contributed by atoms with Gasteiger partial charge in [-0.3, -0.25) is 4.68 Å². The Labute approximate surface area is 116 Å². The Morgan fingerprint density at radius 1 is 1.47 bits per heavy atom. The molecular weight excluding hydrogens is 265 g/mol. The Morgan fingerprint density at radius 3 is 2.84 bits per heavy atom. The zero-order chi connectivity index (χ0) is 13.8. The summed E-state index contributed by atoms with van der Waals surface area (Å²) in [6.45, 7) is 2.44. The van der Waals surface area contributed by atoms with Gasteiger partial charge in [0.1, 0.15) is 5.82 Å². The van der Waals surface area contributed by atoms with Gasteiger partial charge in [0, 0.05) is 11.1 Å². The molecule has 1 aromatic carbocycles. The van der Waals surface area contributed by atoms with Crippen molar-refractivity contribution >= 4 is 11.6 Å². The van der Waals surface area contributed by atoms with Gasteiger partial charge >= 0.3 is 0 Å². The van der Waals surface area contributed by atoms with Crippen LogP contribution in [0.5, 0.6) is 0 Å². The molecule has 1 heterocycles. The van der Waals surface area contributed by atoms with Crippen LogP contribution in [0.2, 0.25) is 5.02 Å². The van der Waals surface area contributed by atoms with E-state index in [1.165, 1.54) is 6.07 Å². The largest absolute Gasteiger partial charge is 0.320 e. The van der Waals surface area contributed by atoms with Gasteiger partial charge in [-0.2, -0.15) is 5.10 Å². The van der Waals surface area contributed by atoms with E-state index in [-0.39, 0.29) is 12.4 Å². The van der Waals surface area contributed by atoms with Gasteiger partial charge in [0.15, 0.2) is 0 Å². The summed E-state index contributed by atoms with van der Waals surface area (Å²) in [7, 11) is 0. The monoisotopic (exact) mass is 277 g/mol. The number of nitrogens with two attached hydrogens (primary N) is 1. The summed E-state index contributed by atoms with van der Waals surface area (Å²) in [5.41, 5.74) is 7.24. The average molecular weight is 278 g/mol. The maximum Gasteiger partial charge on any atom is 0.129 e.